The Morgan fingerprint density at radius 3 is 1.00 bits per heavy atom. The summed E-state index contributed by atoms with van der Waals surface area (Å²) in [6.45, 7) is 35.2. The summed E-state index contributed by atoms with van der Waals surface area (Å²) in [5, 5.41) is 0. The molecule has 26 heavy (non-hydrogen) atoms. The average Bonchev–Trinajstić information content (AvgIpc) is 3.05. The van der Waals surface area contributed by atoms with E-state index < -0.39 is 0 Å². The van der Waals surface area contributed by atoms with Crippen molar-refractivity contribution in [3.05, 3.63) is 26.9 Å². The molecule has 1 aliphatic rings. The Balaban J connectivity index is -0.0000000188. The summed E-state index contributed by atoms with van der Waals surface area (Å²) in [4.78, 5) is 4.81. The van der Waals surface area contributed by atoms with Crippen LogP contribution in [-0.4, -0.2) is 29.1 Å². The maximum atomic E-state index is 3.25. The summed E-state index contributed by atoms with van der Waals surface area (Å²) < 4.78 is 0. The van der Waals surface area contributed by atoms with Gasteiger partial charge in [0.05, 0.1) is 0 Å². The first-order chi connectivity index (χ1) is 10.3. The van der Waals surface area contributed by atoms with Gasteiger partial charge in [-0.15, -0.1) is 0 Å². The summed E-state index contributed by atoms with van der Waals surface area (Å²) in [6.07, 6.45) is 1.82. The Kier molecular flexibility index (Phi) is 171. The Morgan fingerprint density at radius 2 is 0.885 bits per heavy atom. The van der Waals surface area contributed by atoms with E-state index in [0.717, 1.165) is 0 Å². The van der Waals surface area contributed by atoms with Gasteiger partial charge in [-0.25, -0.2) is 0 Å². The van der Waals surface area contributed by atoms with Crippen LogP contribution in [0.2, 0.25) is 0 Å². The van der Waals surface area contributed by atoms with Gasteiger partial charge in [0.1, 0.15) is 0 Å². The first-order valence-corrected chi connectivity index (χ1v) is 8.85. The zero-order valence-electron chi connectivity index (χ0n) is 18.9. The predicted octanol–water partition coefficient (Wildman–Crippen LogP) is 7.73. The molecule has 0 N–H and O–H groups in total. The van der Waals surface area contributed by atoms with E-state index in [9.17, 15) is 0 Å². The van der Waals surface area contributed by atoms with Gasteiger partial charge >= 0.3 is 0 Å². The molecule has 0 saturated carbocycles. The number of hydrogen-bond acceptors (Lipinski definition) is 2. The third-order valence-corrected chi connectivity index (χ3v) is 2.41. The van der Waals surface area contributed by atoms with Crippen molar-refractivity contribution in [2.45, 2.75) is 104 Å². The van der Waals surface area contributed by atoms with Crippen molar-refractivity contribution in [2.24, 2.45) is 0 Å². The van der Waals surface area contributed by atoms with Crippen LogP contribution in [0.15, 0.2) is 0 Å². The van der Waals surface area contributed by atoms with Crippen LogP contribution in [0.25, 0.3) is 0 Å². The minimum atomic E-state index is 0. The molecule has 0 atom stereocenters. The molecular weight excluding hydrogens is 547 g/mol. The van der Waals surface area contributed by atoms with E-state index in [2.05, 4.69) is 57.5 Å². The van der Waals surface area contributed by atoms with Gasteiger partial charge in [-0.1, -0.05) is 63.3 Å². The van der Waals surface area contributed by atoms with E-state index in [1.165, 1.54) is 19.5 Å². The molecule has 3 radical (unpaired) electrons. The Hall–Kier alpha value is 3.23. The second-order valence-electron chi connectivity index (χ2n) is 2.88. The molecular formula is C21H54N2Y3-4. The van der Waals surface area contributed by atoms with Crippen LogP contribution in [-0.2, 0) is 98.1 Å². The summed E-state index contributed by atoms with van der Waals surface area (Å²) >= 11 is 0. The molecule has 1 aliphatic heterocycles. The van der Waals surface area contributed by atoms with Crippen molar-refractivity contribution >= 4 is 0 Å². The van der Waals surface area contributed by atoms with E-state index in [-0.39, 0.29) is 113 Å². The largest absolute Gasteiger partial charge is 0.443 e. The fraction of sp³-hybridized carbons (Fsp3) is 0.810. The normalized spacial score (nSPS) is 11.0. The van der Waals surface area contributed by atoms with Crippen LogP contribution in [0.3, 0.4) is 0 Å². The Bertz CT molecular complexity index is 118. The Morgan fingerprint density at radius 1 is 0.692 bits per heavy atom. The first kappa shape index (κ1) is 63.0. The molecule has 2 nitrogen and oxygen atoms in total. The summed E-state index contributed by atoms with van der Waals surface area (Å²) in [6, 6.07) is 0. The monoisotopic (exact) mass is 601 g/mol. The molecule has 0 aromatic rings. The van der Waals surface area contributed by atoms with Crippen LogP contribution in [0.5, 0.6) is 0 Å². The van der Waals surface area contributed by atoms with Gasteiger partial charge < -0.3 is 23.6 Å². The summed E-state index contributed by atoms with van der Waals surface area (Å²) in [7, 11) is 0. The fourth-order valence-electron chi connectivity index (χ4n) is 1.79. The molecule has 0 aromatic carbocycles. The molecule has 0 bridgehead atoms. The van der Waals surface area contributed by atoms with Gasteiger partial charge in [-0.2, -0.15) is 27.7 Å². The molecule has 5 heteroatoms. The SMILES string of the molecule is C.C.CC.CC.CC.C[CH-]N1CCN([CH-]C)C1CC.[CH2-]C.[CH2-]C.[Y].[Y].[Y]. The topological polar surface area (TPSA) is 6.48 Å². The quantitative estimate of drug-likeness (QED) is 0.306. The van der Waals surface area contributed by atoms with E-state index >= 15 is 0 Å². The summed E-state index contributed by atoms with van der Waals surface area (Å²) in [5.74, 6) is 0. The molecule has 0 amide bonds. The average molecular weight is 601 g/mol. The molecule has 1 saturated heterocycles. The molecule has 1 heterocycles. The van der Waals surface area contributed by atoms with Gasteiger partial charge in [-0.3, -0.25) is 13.1 Å². The van der Waals surface area contributed by atoms with Crippen LogP contribution in [0.4, 0.5) is 0 Å². The van der Waals surface area contributed by atoms with E-state index in [4.69, 9.17) is 0 Å². The predicted molar refractivity (Wildman–Crippen MR) is 117 cm³/mol. The fourth-order valence-corrected chi connectivity index (χ4v) is 1.79. The van der Waals surface area contributed by atoms with Crippen molar-refractivity contribution in [2.75, 3.05) is 13.1 Å². The molecule has 0 spiro atoms. The second-order valence-corrected chi connectivity index (χ2v) is 2.88. The second kappa shape index (κ2) is 70.5. The minimum absolute atomic E-state index is 0. The van der Waals surface area contributed by atoms with E-state index in [1.54, 1.807) is 13.8 Å². The standard InChI is InChI=1S/C9H18N2.3C2H6.2C2H5.2CH4.3Y/c1-4-9-10(5-2)7-8-11(9)6-3;5*1-2;;;;;/h5-6,9H,4,7-8H2,1-3H3;3*1-2H3;2*1H2,2H3;2*1H4;;;/q-2;;;;2*-1;;;;;. The zero-order chi connectivity index (χ0) is 18.3. The number of hydrogen-bond donors (Lipinski definition) is 0. The van der Waals surface area contributed by atoms with E-state index in [0.29, 0.717) is 6.17 Å². The molecule has 1 rings (SSSR count). The summed E-state index contributed by atoms with van der Waals surface area (Å²) in [5.41, 5.74) is 0. The van der Waals surface area contributed by atoms with Crippen LogP contribution in [0, 0.1) is 26.9 Å². The maximum absolute atomic E-state index is 3.25. The van der Waals surface area contributed by atoms with Crippen molar-refractivity contribution < 1.29 is 98.1 Å². The zero-order valence-corrected chi connectivity index (χ0v) is 27.4. The van der Waals surface area contributed by atoms with Gasteiger partial charge in [0, 0.05) is 104 Å². The van der Waals surface area contributed by atoms with Crippen LogP contribution in [0.1, 0.15) is 97.4 Å². The third-order valence-electron chi connectivity index (χ3n) is 2.41. The molecule has 0 unspecified atom stereocenters. The molecule has 0 aliphatic carbocycles. The van der Waals surface area contributed by atoms with Crippen molar-refractivity contribution in [1.82, 2.24) is 9.80 Å². The van der Waals surface area contributed by atoms with Gasteiger partial charge in [0.15, 0.2) is 0 Å². The number of rotatable bonds is 3. The van der Waals surface area contributed by atoms with Crippen LogP contribution >= 0.6 is 0 Å². The van der Waals surface area contributed by atoms with Gasteiger partial charge in [-0.05, 0) is 19.5 Å². The third kappa shape index (κ3) is 37.9. The molecule has 0 aromatic heterocycles. The van der Waals surface area contributed by atoms with Crippen LogP contribution < -0.4 is 0 Å². The maximum Gasteiger partial charge on any atom is 0.00727 e. The Labute approximate surface area is 248 Å². The first-order valence-electron chi connectivity index (χ1n) is 8.85. The van der Waals surface area contributed by atoms with Crippen molar-refractivity contribution in [3.8, 4) is 0 Å². The van der Waals surface area contributed by atoms with Gasteiger partial charge in [0.2, 0.25) is 0 Å². The minimum Gasteiger partial charge on any atom is -0.443 e. The van der Waals surface area contributed by atoms with Crippen molar-refractivity contribution in [1.29, 1.82) is 0 Å². The van der Waals surface area contributed by atoms with Crippen molar-refractivity contribution in [3.63, 3.8) is 0 Å². The smallest absolute Gasteiger partial charge is 0.00727 e. The molecule has 1 fully saturated rings. The van der Waals surface area contributed by atoms with Gasteiger partial charge in [0.25, 0.3) is 0 Å². The van der Waals surface area contributed by atoms with E-state index in [1.807, 2.05) is 41.5 Å². The molecule has 161 valence electrons. The number of nitrogens with zero attached hydrogens (tertiary/aromatic N) is 2.